The number of carbonyl (C=O) groups is 1. The quantitative estimate of drug-likeness (QED) is 0.406. The van der Waals surface area contributed by atoms with Gasteiger partial charge in [-0.3, -0.25) is 24.3 Å². The van der Waals surface area contributed by atoms with Gasteiger partial charge in [0.25, 0.3) is 17.2 Å². The maximum absolute atomic E-state index is 12.5. The summed E-state index contributed by atoms with van der Waals surface area (Å²) in [6, 6.07) is 9.08. The Morgan fingerprint density at radius 1 is 1.30 bits per heavy atom. The third-order valence-corrected chi connectivity index (χ3v) is 4.55. The summed E-state index contributed by atoms with van der Waals surface area (Å²) in [6.45, 7) is 3.89. The van der Waals surface area contributed by atoms with Crippen LogP contribution in [0.1, 0.15) is 22.8 Å². The molecule has 0 radical (unpaired) electrons. The van der Waals surface area contributed by atoms with E-state index in [4.69, 9.17) is 12.2 Å². The summed E-state index contributed by atoms with van der Waals surface area (Å²) in [5.74, 6) is -0.450. The van der Waals surface area contributed by atoms with Crippen molar-refractivity contribution in [2.24, 2.45) is 0 Å². The standard InChI is InChI=1S/C18H16N4O4S/c1-3-21-17(24)13-7-5-11(8-14(13)20-18(21)27)16(23)19-12-6-4-10(2)15(9-12)22(25)26/h4-9H,3H2,1-2H3,(H,19,23)(H,20,27). The Morgan fingerprint density at radius 3 is 2.70 bits per heavy atom. The maximum atomic E-state index is 12.5. The van der Waals surface area contributed by atoms with Crippen LogP contribution < -0.4 is 10.9 Å². The van der Waals surface area contributed by atoms with Crippen LogP contribution in [0.2, 0.25) is 0 Å². The summed E-state index contributed by atoms with van der Waals surface area (Å²) in [6.07, 6.45) is 0. The first-order valence-electron chi connectivity index (χ1n) is 8.15. The van der Waals surface area contributed by atoms with E-state index in [0.717, 1.165) is 0 Å². The van der Waals surface area contributed by atoms with Crippen LogP contribution in [0.5, 0.6) is 0 Å². The van der Waals surface area contributed by atoms with Gasteiger partial charge in [-0.1, -0.05) is 6.07 Å². The van der Waals surface area contributed by atoms with Crippen LogP contribution in [0.4, 0.5) is 11.4 Å². The normalized spacial score (nSPS) is 10.7. The van der Waals surface area contributed by atoms with Crippen molar-refractivity contribution >= 4 is 40.4 Å². The Labute approximate surface area is 158 Å². The predicted molar refractivity (Wildman–Crippen MR) is 105 cm³/mol. The van der Waals surface area contributed by atoms with E-state index in [0.29, 0.717) is 34.3 Å². The van der Waals surface area contributed by atoms with Gasteiger partial charge in [0.05, 0.1) is 15.8 Å². The summed E-state index contributed by atoms with van der Waals surface area (Å²) < 4.78 is 1.71. The SMILES string of the molecule is CCn1c(=S)[nH]c2cc(C(=O)Nc3ccc(C)c([N+](=O)[O-])c3)ccc2c1=O. The molecular formula is C18H16N4O4S. The highest BCUT2D eigenvalue weighted by molar-refractivity contribution is 7.71. The number of aromatic amines is 1. The summed E-state index contributed by atoms with van der Waals surface area (Å²) in [5.41, 5.74) is 1.27. The van der Waals surface area contributed by atoms with Crippen LogP contribution in [-0.2, 0) is 6.54 Å². The second kappa shape index (κ2) is 7.12. The molecule has 27 heavy (non-hydrogen) atoms. The highest BCUT2D eigenvalue weighted by Crippen LogP contribution is 2.23. The van der Waals surface area contributed by atoms with Crippen molar-refractivity contribution in [2.45, 2.75) is 20.4 Å². The number of anilines is 1. The number of hydrogen-bond acceptors (Lipinski definition) is 5. The van der Waals surface area contributed by atoms with Crippen molar-refractivity contribution in [3.8, 4) is 0 Å². The number of nitrogens with one attached hydrogen (secondary N) is 2. The Kier molecular flexibility index (Phi) is 4.87. The maximum Gasteiger partial charge on any atom is 0.274 e. The van der Waals surface area contributed by atoms with E-state index >= 15 is 0 Å². The summed E-state index contributed by atoms with van der Waals surface area (Å²) in [5, 5.41) is 14.1. The Hall–Kier alpha value is -3.33. The van der Waals surface area contributed by atoms with Crippen molar-refractivity contribution in [2.75, 3.05) is 5.32 Å². The van der Waals surface area contributed by atoms with E-state index in [9.17, 15) is 19.7 Å². The molecule has 0 atom stereocenters. The lowest BCUT2D eigenvalue weighted by Gasteiger charge is -2.09. The minimum absolute atomic E-state index is 0.0736. The molecule has 0 bridgehead atoms. The van der Waals surface area contributed by atoms with Crippen LogP contribution in [0.25, 0.3) is 10.9 Å². The highest BCUT2D eigenvalue weighted by atomic mass is 32.1. The molecule has 0 saturated heterocycles. The number of hydrogen-bond donors (Lipinski definition) is 2. The number of nitrogens with zero attached hydrogens (tertiary/aromatic N) is 2. The van der Waals surface area contributed by atoms with Crippen molar-refractivity contribution in [3.63, 3.8) is 0 Å². The van der Waals surface area contributed by atoms with Gasteiger partial charge >= 0.3 is 0 Å². The fraction of sp³-hybridized carbons (Fsp3) is 0.167. The zero-order valence-corrected chi connectivity index (χ0v) is 15.4. The average Bonchev–Trinajstić information content (AvgIpc) is 2.62. The Morgan fingerprint density at radius 2 is 2.04 bits per heavy atom. The molecule has 1 amide bonds. The van der Waals surface area contributed by atoms with Gasteiger partial charge in [0, 0.05) is 29.4 Å². The zero-order chi connectivity index (χ0) is 19.7. The number of aromatic nitrogens is 2. The minimum Gasteiger partial charge on any atom is -0.332 e. The minimum atomic E-state index is -0.500. The summed E-state index contributed by atoms with van der Waals surface area (Å²) in [4.78, 5) is 38.4. The molecule has 0 aliphatic heterocycles. The fourth-order valence-electron chi connectivity index (χ4n) is 2.77. The molecule has 138 valence electrons. The Bertz CT molecular complexity index is 1200. The van der Waals surface area contributed by atoms with Crippen LogP contribution in [0.15, 0.2) is 41.2 Å². The number of amides is 1. The molecule has 0 saturated carbocycles. The smallest absolute Gasteiger partial charge is 0.274 e. The van der Waals surface area contributed by atoms with Gasteiger partial charge < -0.3 is 10.3 Å². The molecule has 3 rings (SSSR count). The third-order valence-electron chi connectivity index (χ3n) is 4.22. The number of carbonyl (C=O) groups excluding carboxylic acids is 1. The number of aryl methyl sites for hydroxylation is 1. The van der Waals surface area contributed by atoms with Crippen molar-refractivity contribution in [1.82, 2.24) is 9.55 Å². The molecule has 0 spiro atoms. The van der Waals surface area contributed by atoms with E-state index in [1.54, 1.807) is 25.1 Å². The molecule has 1 aromatic heterocycles. The fourth-order valence-corrected chi connectivity index (χ4v) is 3.09. The van der Waals surface area contributed by atoms with E-state index in [2.05, 4.69) is 10.3 Å². The van der Waals surface area contributed by atoms with E-state index in [1.165, 1.54) is 22.8 Å². The lowest BCUT2D eigenvalue weighted by Crippen LogP contribution is -2.21. The zero-order valence-electron chi connectivity index (χ0n) is 14.6. The van der Waals surface area contributed by atoms with Gasteiger partial charge in [0.1, 0.15) is 0 Å². The molecule has 0 aliphatic rings. The second-order valence-electron chi connectivity index (χ2n) is 5.95. The molecule has 2 N–H and O–H groups in total. The first-order chi connectivity index (χ1) is 12.8. The van der Waals surface area contributed by atoms with Gasteiger partial charge in [0.15, 0.2) is 4.77 Å². The molecule has 3 aromatic rings. The van der Waals surface area contributed by atoms with Gasteiger partial charge in [-0.25, -0.2) is 0 Å². The topological polar surface area (TPSA) is 110 Å². The second-order valence-corrected chi connectivity index (χ2v) is 6.34. The van der Waals surface area contributed by atoms with Crippen molar-refractivity contribution in [1.29, 1.82) is 0 Å². The van der Waals surface area contributed by atoms with Gasteiger partial charge in [0.2, 0.25) is 0 Å². The molecule has 0 fully saturated rings. The predicted octanol–water partition coefficient (Wildman–Crippen LogP) is 3.55. The number of H-pyrrole nitrogens is 1. The molecule has 8 nitrogen and oxygen atoms in total. The van der Waals surface area contributed by atoms with Crippen molar-refractivity contribution < 1.29 is 9.72 Å². The third kappa shape index (κ3) is 3.49. The summed E-state index contributed by atoms with van der Waals surface area (Å²) in [7, 11) is 0. The number of fused-ring (bicyclic) bond motifs is 1. The largest absolute Gasteiger partial charge is 0.332 e. The molecule has 0 aliphatic carbocycles. The number of nitro benzene ring substituents is 1. The first-order valence-corrected chi connectivity index (χ1v) is 8.56. The van der Waals surface area contributed by atoms with Crippen LogP contribution in [0, 0.1) is 21.8 Å². The molecule has 9 heteroatoms. The van der Waals surface area contributed by atoms with Crippen LogP contribution in [-0.4, -0.2) is 20.4 Å². The molecule has 0 unspecified atom stereocenters. The van der Waals surface area contributed by atoms with Crippen molar-refractivity contribution in [3.05, 3.63) is 72.8 Å². The van der Waals surface area contributed by atoms with E-state index < -0.39 is 10.8 Å². The number of benzene rings is 2. The number of rotatable bonds is 4. The first kappa shape index (κ1) is 18.5. The van der Waals surface area contributed by atoms with E-state index in [1.807, 2.05) is 6.92 Å². The van der Waals surface area contributed by atoms with Gasteiger partial charge in [-0.15, -0.1) is 0 Å². The van der Waals surface area contributed by atoms with Crippen LogP contribution >= 0.6 is 12.2 Å². The lowest BCUT2D eigenvalue weighted by molar-refractivity contribution is -0.385. The lowest BCUT2D eigenvalue weighted by atomic mass is 10.1. The van der Waals surface area contributed by atoms with E-state index in [-0.39, 0.29) is 16.0 Å². The molecular weight excluding hydrogens is 368 g/mol. The molecule has 1 heterocycles. The highest BCUT2D eigenvalue weighted by Gasteiger charge is 2.14. The monoisotopic (exact) mass is 384 g/mol. The van der Waals surface area contributed by atoms with Crippen LogP contribution in [0.3, 0.4) is 0 Å². The Balaban J connectivity index is 1.97. The van der Waals surface area contributed by atoms with Gasteiger partial charge in [-0.05, 0) is 50.3 Å². The molecule has 2 aromatic carbocycles. The summed E-state index contributed by atoms with van der Waals surface area (Å²) >= 11 is 5.17. The van der Waals surface area contributed by atoms with Gasteiger partial charge in [-0.2, -0.15) is 0 Å². The average molecular weight is 384 g/mol. The number of nitro groups is 1.